The van der Waals surface area contributed by atoms with Gasteiger partial charge in [-0.05, 0) is 30.9 Å². The SMILES string of the molecule is CCN(CCC(=O)O)C(=O)[C@@H]1C[C@@H]1c1ccccc1OC(F)(F)F. The first-order chi connectivity index (χ1) is 11.2. The summed E-state index contributed by atoms with van der Waals surface area (Å²) in [6, 6.07) is 5.78. The maximum atomic E-state index is 12.5. The number of alkyl halides is 3. The minimum absolute atomic E-state index is 0.0918. The van der Waals surface area contributed by atoms with Crippen LogP contribution in [0, 0.1) is 5.92 Å². The maximum absolute atomic E-state index is 12.5. The third-order valence-electron chi connectivity index (χ3n) is 3.94. The summed E-state index contributed by atoms with van der Waals surface area (Å²) in [5, 5.41) is 8.71. The summed E-state index contributed by atoms with van der Waals surface area (Å²) in [7, 11) is 0. The number of ether oxygens (including phenoxy) is 1. The van der Waals surface area contributed by atoms with Gasteiger partial charge in [-0.25, -0.2) is 0 Å². The van der Waals surface area contributed by atoms with Gasteiger partial charge in [0.2, 0.25) is 5.91 Å². The lowest BCUT2D eigenvalue weighted by Crippen LogP contribution is -2.34. The molecule has 1 amide bonds. The molecule has 24 heavy (non-hydrogen) atoms. The predicted molar refractivity (Wildman–Crippen MR) is 78.5 cm³/mol. The zero-order valence-electron chi connectivity index (χ0n) is 13.0. The third-order valence-corrected chi connectivity index (χ3v) is 3.94. The lowest BCUT2D eigenvalue weighted by molar-refractivity contribution is -0.274. The highest BCUT2D eigenvalue weighted by Crippen LogP contribution is 2.51. The molecule has 0 aromatic heterocycles. The number of carbonyl (C=O) groups excluding carboxylic acids is 1. The molecule has 8 heteroatoms. The van der Waals surface area contributed by atoms with Crippen LogP contribution in [0.5, 0.6) is 5.75 Å². The molecule has 5 nitrogen and oxygen atoms in total. The Labute approximate surface area is 137 Å². The molecule has 0 unspecified atom stereocenters. The van der Waals surface area contributed by atoms with Crippen LogP contribution in [0.2, 0.25) is 0 Å². The number of halogens is 3. The van der Waals surface area contributed by atoms with E-state index < -0.39 is 18.2 Å². The van der Waals surface area contributed by atoms with Gasteiger partial charge in [-0.1, -0.05) is 18.2 Å². The number of carboxylic acids is 1. The van der Waals surface area contributed by atoms with Crippen molar-refractivity contribution in [3.8, 4) is 5.75 Å². The summed E-state index contributed by atoms with van der Waals surface area (Å²) in [5.41, 5.74) is 0.350. The molecule has 1 saturated carbocycles. The molecule has 0 aliphatic heterocycles. The second-order valence-electron chi connectivity index (χ2n) is 5.60. The molecule has 0 radical (unpaired) electrons. The molecule has 0 bridgehead atoms. The number of benzene rings is 1. The van der Waals surface area contributed by atoms with Crippen LogP contribution in [0.1, 0.15) is 31.2 Å². The minimum atomic E-state index is -4.79. The van der Waals surface area contributed by atoms with Crippen molar-refractivity contribution >= 4 is 11.9 Å². The summed E-state index contributed by atoms with van der Waals surface area (Å²) in [6.45, 7) is 2.18. The van der Waals surface area contributed by atoms with Gasteiger partial charge in [-0.15, -0.1) is 13.2 Å². The van der Waals surface area contributed by atoms with Crippen molar-refractivity contribution in [2.24, 2.45) is 5.92 Å². The number of rotatable bonds is 7. The van der Waals surface area contributed by atoms with Crippen LogP contribution in [-0.2, 0) is 9.59 Å². The molecule has 1 fully saturated rings. The lowest BCUT2D eigenvalue weighted by Gasteiger charge is -2.20. The number of aliphatic carboxylic acids is 1. The van der Waals surface area contributed by atoms with Crippen LogP contribution in [0.3, 0.4) is 0 Å². The number of hydrogen-bond acceptors (Lipinski definition) is 3. The van der Waals surface area contributed by atoms with E-state index in [1.54, 1.807) is 13.0 Å². The third kappa shape index (κ3) is 4.62. The van der Waals surface area contributed by atoms with Crippen molar-refractivity contribution in [3.05, 3.63) is 29.8 Å². The van der Waals surface area contributed by atoms with Gasteiger partial charge in [0.05, 0.1) is 6.42 Å². The van der Waals surface area contributed by atoms with E-state index in [1.165, 1.54) is 23.1 Å². The van der Waals surface area contributed by atoms with E-state index in [0.29, 0.717) is 18.5 Å². The fraction of sp³-hybridized carbons (Fsp3) is 0.500. The lowest BCUT2D eigenvalue weighted by atomic mass is 10.1. The predicted octanol–water partition coefficient (Wildman–Crippen LogP) is 3.01. The van der Waals surface area contributed by atoms with Gasteiger partial charge in [-0.3, -0.25) is 9.59 Å². The zero-order valence-corrected chi connectivity index (χ0v) is 13.0. The highest BCUT2D eigenvalue weighted by atomic mass is 19.4. The van der Waals surface area contributed by atoms with Gasteiger partial charge in [-0.2, -0.15) is 0 Å². The monoisotopic (exact) mass is 345 g/mol. The Morgan fingerprint density at radius 3 is 2.58 bits per heavy atom. The quantitative estimate of drug-likeness (QED) is 0.825. The first-order valence-electron chi connectivity index (χ1n) is 7.58. The van der Waals surface area contributed by atoms with E-state index in [9.17, 15) is 22.8 Å². The van der Waals surface area contributed by atoms with Gasteiger partial charge < -0.3 is 14.7 Å². The van der Waals surface area contributed by atoms with Crippen LogP contribution in [0.25, 0.3) is 0 Å². The average Bonchev–Trinajstić information content (AvgIpc) is 3.26. The smallest absolute Gasteiger partial charge is 0.481 e. The van der Waals surface area contributed by atoms with Crippen LogP contribution in [0.15, 0.2) is 24.3 Å². The number of carbonyl (C=O) groups is 2. The zero-order chi connectivity index (χ0) is 17.9. The van der Waals surface area contributed by atoms with Gasteiger partial charge in [0.25, 0.3) is 0 Å². The summed E-state index contributed by atoms with van der Waals surface area (Å²) in [5.74, 6) is -2.30. The summed E-state index contributed by atoms with van der Waals surface area (Å²) in [6.07, 6.45) is -4.52. The summed E-state index contributed by atoms with van der Waals surface area (Å²) in [4.78, 5) is 24.5. The van der Waals surface area contributed by atoms with Crippen LogP contribution in [-0.4, -0.2) is 41.3 Å². The molecule has 1 aliphatic rings. The molecule has 1 aromatic carbocycles. The molecule has 2 atom stereocenters. The van der Waals surface area contributed by atoms with E-state index >= 15 is 0 Å². The fourth-order valence-electron chi connectivity index (χ4n) is 2.71. The average molecular weight is 345 g/mol. The first-order valence-corrected chi connectivity index (χ1v) is 7.58. The number of amides is 1. The Hall–Kier alpha value is -2.25. The van der Waals surface area contributed by atoms with Crippen molar-refractivity contribution in [2.75, 3.05) is 13.1 Å². The van der Waals surface area contributed by atoms with E-state index in [0.717, 1.165) is 0 Å². The number of carboxylic acid groups (broad SMARTS) is 1. The van der Waals surface area contributed by atoms with Crippen molar-refractivity contribution in [3.63, 3.8) is 0 Å². The number of para-hydroxylation sites is 1. The van der Waals surface area contributed by atoms with Crippen LogP contribution >= 0.6 is 0 Å². The van der Waals surface area contributed by atoms with E-state index in [2.05, 4.69) is 4.74 Å². The first kappa shape index (κ1) is 18.1. The Morgan fingerprint density at radius 1 is 1.33 bits per heavy atom. The molecule has 1 aliphatic carbocycles. The molecule has 2 rings (SSSR count). The van der Waals surface area contributed by atoms with Crippen molar-refractivity contribution in [2.45, 2.75) is 32.0 Å². The van der Waals surface area contributed by atoms with E-state index in [-0.39, 0.29) is 30.5 Å². The number of hydrogen-bond donors (Lipinski definition) is 1. The second kappa shape index (κ2) is 7.11. The maximum Gasteiger partial charge on any atom is 0.573 e. The van der Waals surface area contributed by atoms with Crippen LogP contribution < -0.4 is 4.74 Å². The van der Waals surface area contributed by atoms with Gasteiger partial charge in [0.1, 0.15) is 5.75 Å². The summed E-state index contributed by atoms with van der Waals surface area (Å²) < 4.78 is 41.4. The topological polar surface area (TPSA) is 66.8 Å². The molecular weight excluding hydrogens is 327 g/mol. The highest BCUT2D eigenvalue weighted by molar-refractivity contribution is 5.83. The molecule has 1 N–H and O–H groups in total. The van der Waals surface area contributed by atoms with E-state index in [4.69, 9.17) is 5.11 Å². The Kier molecular flexibility index (Phi) is 5.36. The Morgan fingerprint density at radius 2 is 2.00 bits per heavy atom. The molecule has 132 valence electrons. The Balaban J connectivity index is 2.06. The van der Waals surface area contributed by atoms with Gasteiger partial charge >= 0.3 is 12.3 Å². The standard InChI is InChI=1S/C16H18F3NO4/c1-2-20(8-7-14(21)22)15(23)12-9-11(12)10-5-3-4-6-13(10)24-16(17,18)19/h3-6,11-12H,2,7-9H2,1H3,(H,21,22)/t11-,12-/m1/s1. The fourth-order valence-corrected chi connectivity index (χ4v) is 2.71. The second-order valence-corrected chi connectivity index (χ2v) is 5.60. The van der Waals surface area contributed by atoms with Crippen LogP contribution in [0.4, 0.5) is 13.2 Å². The minimum Gasteiger partial charge on any atom is -0.481 e. The van der Waals surface area contributed by atoms with E-state index in [1.807, 2.05) is 0 Å². The molecular formula is C16H18F3NO4. The highest BCUT2D eigenvalue weighted by Gasteiger charge is 2.47. The molecule has 0 heterocycles. The normalized spacial score (nSPS) is 19.7. The molecule has 1 aromatic rings. The summed E-state index contributed by atoms with van der Waals surface area (Å²) >= 11 is 0. The largest absolute Gasteiger partial charge is 0.573 e. The van der Waals surface area contributed by atoms with Crippen molar-refractivity contribution < 1.29 is 32.6 Å². The number of nitrogens with zero attached hydrogens (tertiary/aromatic N) is 1. The van der Waals surface area contributed by atoms with Crippen molar-refractivity contribution in [1.82, 2.24) is 4.90 Å². The van der Waals surface area contributed by atoms with Crippen molar-refractivity contribution in [1.29, 1.82) is 0 Å². The van der Waals surface area contributed by atoms with Gasteiger partial charge in [0.15, 0.2) is 0 Å². The molecule has 0 saturated heterocycles. The Bertz CT molecular complexity index is 618. The molecule has 0 spiro atoms. The van der Waals surface area contributed by atoms with Gasteiger partial charge in [0, 0.05) is 19.0 Å².